The van der Waals surface area contributed by atoms with Gasteiger partial charge in [0.1, 0.15) is 0 Å². The maximum atomic E-state index is 11.4. The van der Waals surface area contributed by atoms with Crippen LogP contribution in [0.2, 0.25) is 10.0 Å². The molecule has 2 unspecified atom stereocenters. The molecular formula is C11H13Cl2NO2S. The smallest absolute Gasteiger partial charge is 0.150 e. The molecule has 2 rings (SSSR count). The maximum absolute atomic E-state index is 11.4. The lowest BCUT2D eigenvalue weighted by atomic mass is 9.93. The summed E-state index contributed by atoms with van der Waals surface area (Å²) in [5, 5.41) is 0.989. The molecule has 94 valence electrons. The zero-order valence-corrected chi connectivity index (χ0v) is 11.4. The minimum absolute atomic E-state index is 0.0996. The van der Waals surface area contributed by atoms with E-state index in [2.05, 4.69) is 0 Å². The fourth-order valence-corrected chi connectivity index (χ4v) is 4.68. The van der Waals surface area contributed by atoms with Gasteiger partial charge in [-0.3, -0.25) is 0 Å². The maximum Gasteiger partial charge on any atom is 0.150 e. The SMILES string of the molecule is NC(c1c(Cl)cccc1Cl)C1CCS(=O)(=O)C1. The average molecular weight is 294 g/mol. The number of hydrogen-bond donors (Lipinski definition) is 1. The van der Waals surface area contributed by atoms with E-state index in [4.69, 9.17) is 28.9 Å². The molecule has 0 spiro atoms. The van der Waals surface area contributed by atoms with Crippen molar-refractivity contribution in [3.05, 3.63) is 33.8 Å². The Morgan fingerprint density at radius 1 is 1.29 bits per heavy atom. The third-order valence-corrected chi connectivity index (χ3v) is 5.56. The van der Waals surface area contributed by atoms with E-state index in [-0.39, 0.29) is 17.4 Å². The molecule has 0 saturated carbocycles. The molecule has 2 N–H and O–H groups in total. The van der Waals surface area contributed by atoms with Crippen LogP contribution in [0.15, 0.2) is 18.2 Å². The summed E-state index contributed by atoms with van der Waals surface area (Å²) in [5.74, 6) is 0.223. The molecule has 17 heavy (non-hydrogen) atoms. The lowest BCUT2D eigenvalue weighted by molar-refractivity contribution is 0.480. The Morgan fingerprint density at radius 2 is 1.88 bits per heavy atom. The molecule has 1 aliphatic rings. The Morgan fingerprint density at radius 3 is 2.35 bits per heavy atom. The Balaban J connectivity index is 2.29. The van der Waals surface area contributed by atoms with Crippen LogP contribution in [0.25, 0.3) is 0 Å². The molecule has 1 aromatic carbocycles. The van der Waals surface area contributed by atoms with Gasteiger partial charge in [0.15, 0.2) is 9.84 Å². The first-order valence-electron chi connectivity index (χ1n) is 5.30. The van der Waals surface area contributed by atoms with Crippen LogP contribution in [-0.2, 0) is 9.84 Å². The van der Waals surface area contributed by atoms with Crippen LogP contribution in [0.1, 0.15) is 18.0 Å². The van der Waals surface area contributed by atoms with Gasteiger partial charge in [0, 0.05) is 21.7 Å². The van der Waals surface area contributed by atoms with Crippen molar-refractivity contribution < 1.29 is 8.42 Å². The molecule has 0 amide bonds. The molecule has 1 saturated heterocycles. The molecule has 0 aliphatic carbocycles. The number of sulfone groups is 1. The van der Waals surface area contributed by atoms with Crippen molar-refractivity contribution in [3.63, 3.8) is 0 Å². The van der Waals surface area contributed by atoms with Crippen molar-refractivity contribution >= 4 is 33.0 Å². The lowest BCUT2D eigenvalue weighted by Crippen LogP contribution is -2.23. The van der Waals surface area contributed by atoms with Gasteiger partial charge in [0.25, 0.3) is 0 Å². The summed E-state index contributed by atoms with van der Waals surface area (Å²) in [5.41, 5.74) is 6.74. The van der Waals surface area contributed by atoms with E-state index in [1.165, 1.54) is 0 Å². The monoisotopic (exact) mass is 293 g/mol. The molecule has 2 atom stereocenters. The summed E-state index contributed by atoms with van der Waals surface area (Å²) < 4.78 is 22.9. The molecule has 6 heteroatoms. The van der Waals surface area contributed by atoms with Gasteiger partial charge in [-0.05, 0) is 24.5 Å². The zero-order chi connectivity index (χ0) is 12.6. The third kappa shape index (κ3) is 2.76. The van der Waals surface area contributed by atoms with E-state index < -0.39 is 15.9 Å². The van der Waals surface area contributed by atoms with E-state index in [1.807, 2.05) is 0 Å². The number of benzene rings is 1. The second-order valence-corrected chi connectivity index (χ2v) is 7.37. The van der Waals surface area contributed by atoms with Crippen molar-refractivity contribution in [3.8, 4) is 0 Å². The van der Waals surface area contributed by atoms with Gasteiger partial charge in [-0.25, -0.2) is 8.42 Å². The highest BCUT2D eigenvalue weighted by Gasteiger charge is 2.34. The van der Waals surface area contributed by atoms with Crippen molar-refractivity contribution in [2.24, 2.45) is 11.7 Å². The highest BCUT2D eigenvalue weighted by atomic mass is 35.5. The summed E-state index contributed by atoms with van der Waals surface area (Å²) in [6.45, 7) is 0. The van der Waals surface area contributed by atoms with Gasteiger partial charge in [-0.2, -0.15) is 0 Å². The van der Waals surface area contributed by atoms with Gasteiger partial charge >= 0.3 is 0 Å². The molecule has 0 aromatic heterocycles. The van der Waals surface area contributed by atoms with Crippen molar-refractivity contribution in [1.82, 2.24) is 0 Å². The average Bonchev–Trinajstić information content (AvgIpc) is 2.58. The Labute approximate surface area is 111 Å². The minimum Gasteiger partial charge on any atom is -0.324 e. The van der Waals surface area contributed by atoms with Gasteiger partial charge in [0.2, 0.25) is 0 Å². The van der Waals surface area contributed by atoms with Crippen molar-refractivity contribution in [1.29, 1.82) is 0 Å². The standard InChI is InChI=1S/C11H13Cl2NO2S/c12-8-2-1-3-9(13)10(8)11(14)7-4-5-17(15,16)6-7/h1-3,7,11H,4-6,14H2. The van der Waals surface area contributed by atoms with Gasteiger partial charge < -0.3 is 5.73 Å². The summed E-state index contributed by atoms with van der Waals surface area (Å²) in [4.78, 5) is 0. The summed E-state index contributed by atoms with van der Waals surface area (Å²) in [7, 11) is -2.94. The second-order valence-electron chi connectivity index (χ2n) is 4.32. The van der Waals surface area contributed by atoms with E-state index in [1.54, 1.807) is 18.2 Å². The Hall–Kier alpha value is -0.290. The first-order chi connectivity index (χ1) is 7.91. The molecular weight excluding hydrogens is 281 g/mol. The Kier molecular flexibility index (Phi) is 3.69. The predicted octanol–water partition coefficient (Wildman–Crippen LogP) is 2.43. The number of halogens is 2. The molecule has 0 radical (unpaired) electrons. The van der Waals surface area contributed by atoms with Crippen LogP contribution in [-0.4, -0.2) is 19.9 Å². The van der Waals surface area contributed by atoms with Crippen LogP contribution in [0.4, 0.5) is 0 Å². The van der Waals surface area contributed by atoms with Crippen LogP contribution in [0.3, 0.4) is 0 Å². The normalized spacial score (nSPS) is 24.8. The zero-order valence-electron chi connectivity index (χ0n) is 9.07. The van der Waals surface area contributed by atoms with Crippen molar-refractivity contribution in [2.45, 2.75) is 12.5 Å². The summed E-state index contributed by atoms with van der Waals surface area (Å²) in [6, 6.07) is 4.75. The molecule has 1 fully saturated rings. The van der Waals surface area contributed by atoms with E-state index in [0.717, 1.165) is 0 Å². The van der Waals surface area contributed by atoms with Crippen LogP contribution in [0, 0.1) is 5.92 Å². The first-order valence-corrected chi connectivity index (χ1v) is 7.88. The van der Waals surface area contributed by atoms with Crippen LogP contribution in [0.5, 0.6) is 0 Å². The first kappa shape index (κ1) is 13.1. The van der Waals surface area contributed by atoms with Crippen molar-refractivity contribution in [2.75, 3.05) is 11.5 Å². The van der Waals surface area contributed by atoms with Gasteiger partial charge in [-0.1, -0.05) is 29.3 Å². The topological polar surface area (TPSA) is 60.2 Å². The van der Waals surface area contributed by atoms with Crippen LogP contribution < -0.4 is 5.73 Å². The number of rotatable bonds is 2. The number of nitrogens with two attached hydrogens (primary N) is 1. The molecule has 1 heterocycles. The van der Waals surface area contributed by atoms with E-state index in [9.17, 15) is 8.42 Å². The Bertz CT molecular complexity index is 510. The quantitative estimate of drug-likeness (QED) is 0.911. The molecule has 3 nitrogen and oxygen atoms in total. The third-order valence-electron chi connectivity index (χ3n) is 3.11. The summed E-state index contributed by atoms with van der Waals surface area (Å²) in [6.07, 6.45) is 0.574. The largest absolute Gasteiger partial charge is 0.324 e. The number of hydrogen-bond acceptors (Lipinski definition) is 3. The highest BCUT2D eigenvalue weighted by molar-refractivity contribution is 7.91. The molecule has 1 aliphatic heterocycles. The molecule has 1 aromatic rings. The van der Waals surface area contributed by atoms with Crippen LogP contribution >= 0.6 is 23.2 Å². The van der Waals surface area contributed by atoms with E-state index >= 15 is 0 Å². The lowest BCUT2D eigenvalue weighted by Gasteiger charge is -2.20. The fraction of sp³-hybridized carbons (Fsp3) is 0.455. The fourth-order valence-electron chi connectivity index (χ4n) is 2.17. The predicted molar refractivity (Wildman–Crippen MR) is 70.2 cm³/mol. The van der Waals surface area contributed by atoms with E-state index in [0.29, 0.717) is 22.0 Å². The van der Waals surface area contributed by atoms with Gasteiger partial charge in [-0.15, -0.1) is 0 Å². The summed E-state index contributed by atoms with van der Waals surface area (Å²) >= 11 is 12.1. The minimum atomic E-state index is -2.94. The highest BCUT2D eigenvalue weighted by Crippen LogP contribution is 2.36. The van der Waals surface area contributed by atoms with Gasteiger partial charge in [0.05, 0.1) is 11.5 Å². The second kappa shape index (κ2) is 4.76. The molecule has 0 bridgehead atoms.